The number of rotatable bonds is 5. The molecule has 0 heterocycles. The summed E-state index contributed by atoms with van der Waals surface area (Å²) >= 11 is 0. The number of ether oxygens (including phenoxy) is 1. The highest BCUT2D eigenvalue weighted by molar-refractivity contribution is 5.39. The minimum Gasteiger partial charge on any atom is -0.490 e. The zero-order valence-corrected chi connectivity index (χ0v) is 11.9. The maximum atomic E-state index is 9.26. The molecule has 3 heteroatoms. The van der Waals surface area contributed by atoms with Gasteiger partial charge in [-0.25, -0.2) is 0 Å². The second-order valence-electron chi connectivity index (χ2n) is 5.25. The van der Waals surface area contributed by atoms with Gasteiger partial charge in [-0.3, -0.25) is 5.32 Å². The Morgan fingerprint density at radius 2 is 1.89 bits per heavy atom. The Hall–Kier alpha value is -1.53. The third kappa shape index (κ3) is 3.75. The van der Waals surface area contributed by atoms with Crippen LogP contribution in [0.5, 0.6) is 5.75 Å². The van der Waals surface area contributed by atoms with E-state index < -0.39 is 5.54 Å². The summed E-state index contributed by atoms with van der Waals surface area (Å²) in [7, 11) is 0. The van der Waals surface area contributed by atoms with Crippen molar-refractivity contribution in [3.63, 3.8) is 0 Å². The van der Waals surface area contributed by atoms with E-state index in [2.05, 4.69) is 11.4 Å². The van der Waals surface area contributed by atoms with Crippen LogP contribution in [0.2, 0.25) is 0 Å². The van der Waals surface area contributed by atoms with Crippen molar-refractivity contribution in [2.75, 3.05) is 6.61 Å². The van der Waals surface area contributed by atoms with E-state index in [1.807, 2.05) is 52.8 Å². The van der Waals surface area contributed by atoms with Crippen LogP contribution in [-0.4, -0.2) is 18.2 Å². The molecule has 0 radical (unpaired) electrons. The zero-order chi connectivity index (χ0) is 13.8. The Balaban J connectivity index is 2.78. The number of nitrogens with one attached hydrogen (secondary N) is 1. The van der Waals surface area contributed by atoms with Crippen LogP contribution in [-0.2, 0) is 0 Å². The van der Waals surface area contributed by atoms with Crippen LogP contribution in [0.4, 0.5) is 0 Å². The van der Waals surface area contributed by atoms with Crippen LogP contribution in [0.3, 0.4) is 0 Å². The van der Waals surface area contributed by atoms with Gasteiger partial charge in [-0.15, -0.1) is 0 Å². The molecule has 0 aliphatic rings. The van der Waals surface area contributed by atoms with E-state index in [-0.39, 0.29) is 6.04 Å². The van der Waals surface area contributed by atoms with E-state index in [0.717, 1.165) is 16.9 Å². The third-order valence-corrected chi connectivity index (χ3v) is 2.77. The number of benzene rings is 1. The molecule has 0 saturated carbocycles. The van der Waals surface area contributed by atoms with Crippen molar-refractivity contribution in [2.24, 2.45) is 0 Å². The smallest absolute Gasteiger partial charge is 0.138 e. The predicted molar refractivity (Wildman–Crippen MR) is 73.7 cm³/mol. The summed E-state index contributed by atoms with van der Waals surface area (Å²) in [5.74, 6) is 0.879. The predicted octanol–water partition coefficient (Wildman–Crippen LogP) is 2.96. The molecular weight excluding hydrogens is 224 g/mol. The van der Waals surface area contributed by atoms with Crippen molar-refractivity contribution in [3.8, 4) is 11.8 Å². The number of nitriles is 1. The van der Waals surface area contributed by atoms with Crippen LogP contribution in [0, 0.1) is 25.2 Å². The van der Waals surface area contributed by atoms with Gasteiger partial charge < -0.3 is 4.74 Å². The van der Waals surface area contributed by atoms with Gasteiger partial charge in [0.15, 0.2) is 0 Å². The van der Waals surface area contributed by atoms with Crippen LogP contribution in [0.25, 0.3) is 0 Å². The maximum absolute atomic E-state index is 9.26. The molecular formula is C15H22N2O. The second kappa shape index (κ2) is 5.88. The summed E-state index contributed by atoms with van der Waals surface area (Å²) in [6.45, 7) is 10.3. The van der Waals surface area contributed by atoms with Crippen molar-refractivity contribution < 1.29 is 4.74 Å². The minimum atomic E-state index is -0.664. The highest BCUT2D eigenvalue weighted by atomic mass is 16.5. The lowest BCUT2D eigenvalue weighted by Crippen LogP contribution is -2.49. The average molecular weight is 246 g/mol. The molecule has 0 aliphatic carbocycles. The van der Waals surface area contributed by atoms with Gasteiger partial charge in [-0.2, -0.15) is 5.26 Å². The lowest BCUT2D eigenvalue weighted by atomic mass is 10.0. The van der Waals surface area contributed by atoms with Gasteiger partial charge in [-0.1, -0.05) is 18.2 Å². The molecule has 1 rings (SSSR count). The van der Waals surface area contributed by atoms with Gasteiger partial charge in [0.1, 0.15) is 17.9 Å². The van der Waals surface area contributed by atoms with Crippen LogP contribution in [0.1, 0.15) is 31.9 Å². The fourth-order valence-electron chi connectivity index (χ4n) is 1.99. The van der Waals surface area contributed by atoms with Crippen molar-refractivity contribution in [2.45, 2.75) is 46.2 Å². The zero-order valence-electron chi connectivity index (χ0n) is 11.9. The molecule has 98 valence electrons. The molecule has 0 spiro atoms. The molecule has 0 saturated heterocycles. The van der Waals surface area contributed by atoms with E-state index >= 15 is 0 Å². The van der Waals surface area contributed by atoms with E-state index in [1.165, 1.54) is 0 Å². The summed E-state index contributed by atoms with van der Waals surface area (Å²) < 4.78 is 5.84. The van der Waals surface area contributed by atoms with Crippen molar-refractivity contribution >= 4 is 0 Å². The van der Waals surface area contributed by atoms with Crippen LogP contribution in [0.15, 0.2) is 18.2 Å². The summed E-state index contributed by atoms with van der Waals surface area (Å²) in [6, 6.07) is 8.57. The molecule has 1 unspecified atom stereocenters. The van der Waals surface area contributed by atoms with E-state index in [1.54, 1.807) is 0 Å². The van der Waals surface area contributed by atoms with Crippen LogP contribution >= 0.6 is 0 Å². The fraction of sp³-hybridized carbons (Fsp3) is 0.533. The summed E-state index contributed by atoms with van der Waals surface area (Å²) in [4.78, 5) is 0. The van der Waals surface area contributed by atoms with Gasteiger partial charge in [0.05, 0.1) is 6.07 Å². The summed E-state index contributed by atoms with van der Waals surface area (Å²) in [6.07, 6.45) is 0. The lowest BCUT2D eigenvalue weighted by Gasteiger charge is -2.26. The summed E-state index contributed by atoms with van der Waals surface area (Å²) in [5, 5.41) is 12.5. The number of hydrogen-bond acceptors (Lipinski definition) is 3. The molecule has 18 heavy (non-hydrogen) atoms. The number of para-hydroxylation sites is 1. The topological polar surface area (TPSA) is 45.0 Å². The maximum Gasteiger partial charge on any atom is 0.138 e. The Labute approximate surface area is 110 Å². The molecule has 0 aromatic heterocycles. The van der Waals surface area contributed by atoms with Gasteiger partial charge in [-0.05, 0) is 45.7 Å². The van der Waals surface area contributed by atoms with Crippen molar-refractivity contribution in [3.05, 3.63) is 29.3 Å². The number of aryl methyl sites for hydroxylation is 2. The lowest BCUT2D eigenvalue weighted by molar-refractivity contribution is 0.223. The van der Waals surface area contributed by atoms with Gasteiger partial charge in [0, 0.05) is 6.04 Å². The Morgan fingerprint density at radius 1 is 1.33 bits per heavy atom. The molecule has 1 aromatic carbocycles. The third-order valence-electron chi connectivity index (χ3n) is 2.77. The molecule has 3 nitrogen and oxygen atoms in total. The molecule has 1 atom stereocenters. The molecule has 0 amide bonds. The number of hydrogen-bond donors (Lipinski definition) is 1. The normalized spacial score (nSPS) is 14.1. The van der Waals surface area contributed by atoms with Crippen molar-refractivity contribution in [1.82, 2.24) is 5.32 Å². The van der Waals surface area contributed by atoms with E-state index in [0.29, 0.717) is 6.61 Å². The van der Waals surface area contributed by atoms with E-state index in [9.17, 15) is 5.26 Å². The Kier molecular flexibility index (Phi) is 4.75. The Morgan fingerprint density at radius 3 is 2.33 bits per heavy atom. The molecule has 1 aromatic rings. The monoisotopic (exact) mass is 246 g/mol. The quantitative estimate of drug-likeness (QED) is 0.868. The van der Waals surface area contributed by atoms with Gasteiger partial charge >= 0.3 is 0 Å². The largest absolute Gasteiger partial charge is 0.490 e. The standard InChI is InChI=1S/C15H22N2O/c1-11(2)17-15(5,9-16)10-18-14-12(3)7-6-8-13(14)4/h6-8,11,17H,10H2,1-5H3. The minimum absolute atomic E-state index is 0.246. The van der Waals surface area contributed by atoms with Crippen molar-refractivity contribution in [1.29, 1.82) is 5.26 Å². The summed E-state index contributed by atoms with van der Waals surface area (Å²) in [5.41, 5.74) is 1.53. The average Bonchev–Trinajstić information content (AvgIpc) is 2.27. The highest BCUT2D eigenvalue weighted by Gasteiger charge is 2.25. The Bertz CT molecular complexity index is 428. The number of nitrogens with zero attached hydrogens (tertiary/aromatic N) is 1. The molecule has 0 aliphatic heterocycles. The first-order valence-electron chi connectivity index (χ1n) is 6.26. The molecule has 0 fully saturated rings. The van der Waals surface area contributed by atoms with E-state index in [4.69, 9.17) is 4.74 Å². The van der Waals surface area contributed by atoms with Crippen LogP contribution < -0.4 is 10.1 Å². The first-order valence-corrected chi connectivity index (χ1v) is 6.26. The SMILES string of the molecule is Cc1cccc(C)c1OCC(C)(C#N)NC(C)C. The first-order chi connectivity index (χ1) is 8.38. The fourth-order valence-corrected chi connectivity index (χ4v) is 1.99. The molecule has 1 N–H and O–H groups in total. The first kappa shape index (κ1) is 14.5. The highest BCUT2D eigenvalue weighted by Crippen LogP contribution is 2.23. The van der Waals surface area contributed by atoms with Gasteiger partial charge in [0.2, 0.25) is 0 Å². The van der Waals surface area contributed by atoms with Gasteiger partial charge in [0.25, 0.3) is 0 Å². The second-order valence-corrected chi connectivity index (χ2v) is 5.25. The molecule has 0 bridgehead atoms.